The van der Waals surface area contributed by atoms with Crippen LogP contribution < -0.4 is 16.0 Å². The number of nitrogens with one attached hydrogen (secondary N) is 3. The van der Waals surface area contributed by atoms with E-state index in [9.17, 15) is 0 Å². The van der Waals surface area contributed by atoms with Crippen molar-refractivity contribution in [2.24, 2.45) is 0 Å². The van der Waals surface area contributed by atoms with Crippen molar-refractivity contribution in [2.75, 3.05) is 26.7 Å². The molecule has 0 aromatic carbocycles. The van der Waals surface area contributed by atoms with Crippen molar-refractivity contribution < 1.29 is 21.7 Å². The van der Waals surface area contributed by atoms with E-state index in [0.29, 0.717) is 0 Å². The summed E-state index contributed by atoms with van der Waals surface area (Å²) in [5.41, 5.74) is 0. The van der Waals surface area contributed by atoms with Crippen LogP contribution >= 0.6 is 0 Å². The molecule has 0 aliphatic carbocycles. The van der Waals surface area contributed by atoms with Gasteiger partial charge in [-0.3, -0.25) is 5.32 Å². The fourth-order valence-electron chi connectivity index (χ4n) is 0.565. The van der Waals surface area contributed by atoms with Gasteiger partial charge in [0.2, 0.25) is 0 Å². The van der Waals surface area contributed by atoms with E-state index in [1.54, 1.807) is 0 Å². The Morgan fingerprint density at radius 2 is 1.44 bits per heavy atom. The zero-order valence-electron chi connectivity index (χ0n) is 5.28. The van der Waals surface area contributed by atoms with Gasteiger partial charge in [0.1, 0.15) is 0 Å². The van der Waals surface area contributed by atoms with Crippen LogP contribution in [-0.4, -0.2) is 26.7 Å². The van der Waals surface area contributed by atoms with E-state index in [1.165, 1.54) is 0 Å². The molecule has 9 heavy (non-hydrogen) atoms. The van der Waals surface area contributed by atoms with Gasteiger partial charge in [0.15, 0.2) is 0 Å². The van der Waals surface area contributed by atoms with Crippen molar-refractivity contribution >= 4 is 0 Å². The molecule has 3 N–H and O–H groups in total. The zero-order chi connectivity index (χ0) is 5.66. The molecular weight excluding hydrogens is 152 g/mol. The first-order valence-electron chi connectivity index (χ1n) is 2.75. The molecule has 52 valence electrons. The molecular formula is C4H11N4Ti-. The van der Waals surface area contributed by atoms with E-state index in [-0.39, 0.29) is 21.7 Å². The smallest absolute Gasteiger partial charge is 0.0449 e. The Balaban J connectivity index is 0.000000640. The largest absolute Gasteiger partial charge is 0.638 e. The summed E-state index contributed by atoms with van der Waals surface area (Å²) in [6.07, 6.45) is 0. The monoisotopic (exact) mass is 163 g/mol. The molecule has 5 heteroatoms. The van der Waals surface area contributed by atoms with Crippen molar-refractivity contribution in [3.8, 4) is 0 Å². The SMILES string of the molecule is C1[N-]CNCNCN1.[Ti]. The van der Waals surface area contributed by atoms with Gasteiger partial charge < -0.3 is 16.0 Å². The first kappa shape index (κ1) is 9.55. The minimum atomic E-state index is 0. The van der Waals surface area contributed by atoms with Crippen LogP contribution in [0.3, 0.4) is 0 Å². The van der Waals surface area contributed by atoms with Crippen molar-refractivity contribution in [3.63, 3.8) is 0 Å². The second-order valence-electron chi connectivity index (χ2n) is 1.64. The van der Waals surface area contributed by atoms with Crippen LogP contribution in [0.4, 0.5) is 0 Å². The Kier molecular flexibility index (Phi) is 7.08. The number of nitrogens with zero attached hydrogens (tertiary/aromatic N) is 1. The summed E-state index contributed by atoms with van der Waals surface area (Å²) in [7, 11) is 0. The van der Waals surface area contributed by atoms with Crippen molar-refractivity contribution in [1.82, 2.24) is 16.0 Å². The first-order valence-corrected chi connectivity index (χ1v) is 2.75. The Morgan fingerprint density at radius 3 is 2.00 bits per heavy atom. The first-order chi connectivity index (χ1) is 4.00. The van der Waals surface area contributed by atoms with Gasteiger partial charge in [0, 0.05) is 35.1 Å². The maximum Gasteiger partial charge on any atom is 0.0449 e. The van der Waals surface area contributed by atoms with Gasteiger partial charge in [0.05, 0.1) is 0 Å². The molecule has 0 spiro atoms. The van der Waals surface area contributed by atoms with Crippen LogP contribution in [-0.2, 0) is 21.7 Å². The van der Waals surface area contributed by atoms with Crippen molar-refractivity contribution in [2.45, 2.75) is 0 Å². The Hall–Kier alpha value is 0.554. The van der Waals surface area contributed by atoms with Gasteiger partial charge in [-0.05, 0) is 0 Å². The third kappa shape index (κ3) is 5.02. The maximum atomic E-state index is 4.07. The van der Waals surface area contributed by atoms with Gasteiger partial charge in [-0.2, -0.15) is 0 Å². The van der Waals surface area contributed by atoms with E-state index in [1.807, 2.05) is 0 Å². The molecule has 0 aromatic rings. The minimum absolute atomic E-state index is 0. The summed E-state index contributed by atoms with van der Waals surface area (Å²) in [4.78, 5) is 0. The zero-order valence-corrected chi connectivity index (χ0v) is 6.84. The molecule has 1 rings (SSSR count). The number of hydrogen-bond acceptors (Lipinski definition) is 3. The predicted molar refractivity (Wildman–Crippen MR) is 32.2 cm³/mol. The van der Waals surface area contributed by atoms with Crippen LogP contribution in [0, 0.1) is 0 Å². The quantitative estimate of drug-likeness (QED) is 0.400. The Bertz CT molecular complexity index is 36.5. The normalized spacial score (nSPS) is 21.3. The van der Waals surface area contributed by atoms with Gasteiger partial charge in [-0.15, -0.1) is 0 Å². The molecule has 0 bridgehead atoms. The molecule has 1 saturated heterocycles. The van der Waals surface area contributed by atoms with Gasteiger partial charge in [-0.1, -0.05) is 13.3 Å². The summed E-state index contributed by atoms with van der Waals surface area (Å²) >= 11 is 0. The summed E-state index contributed by atoms with van der Waals surface area (Å²) in [5, 5.41) is 13.3. The van der Waals surface area contributed by atoms with Crippen LogP contribution in [0.25, 0.3) is 5.32 Å². The van der Waals surface area contributed by atoms with E-state index in [4.69, 9.17) is 0 Å². The van der Waals surface area contributed by atoms with Crippen LogP contribution in [0.15, 0.2) is 0 Å². The average Bonchev–Trinajstić information content (AvgIpc) is 1.62. The summed E-state index contributed by atoms with van der Waals surface area (Å²) < 4.78 is 0. The Morgan fingerprint density at radius 1 is 0.889 bits per heavy atom. The van der Waals surface area contributed by atoms with Crippen LogP contribution in [0.5, 0.6) is 0 Å². The second-order valence-corrected chi connectivity index (χ2v) is 1.64. The molecule has 0 aromatic heterocycles. The van der Waals surface area contributed by atoms with Crippen molar-refractivity contribution in [3.05, 3.63) is 5.32 Å². The molecule has 1 heterocycles. The fourth-order valence-corrected chi connectivity index (χ4v) is 0.565. The molecule has 0 radical (unpaired) electrons. The standard InChI is InChI=1S/C4H11N4.Ti/c1-5-2-7-4-8-3-6-1;/h5-7H,1-4H2;/q-1;. The van der Waals surface area contributed by atoms with Crippen LogP contribution in [0.1, 0.15) is 0 Å². The molecule has 1 aliphatic heterocycles. The van der Waals surface area contributed by atoms with E-state index in [0.717, 1.165) is 26.7 Å². The summed E-state index contributed by atoms with van der Waals surface area (Å²) in [5.74, 6) is 0. The van der Waals surface area contributed by atoms with E-state index in [2.05, 4.69) is 21.3 Å². The number of hydrogen-bond donors (Lipinski definition) is 3. The van der Waals surface area contributed by atoms with Gasteiger partial charge in [0.25, 0.3) is 0 Å². The molecule has 0 saturated carbocycles. The topological polar surface area (TPSA) is 50.2 Å². The second kappa shape index (κ2) is 6.67. The van der Waals surface area contributed by atoms with Gasteiger partial charge in [-0.25, -0.2) is 0 Å². The maximum absolute atomic E-state index is 4.07. The van der Waals surface area contributed by atoms with Gasteiger partial charge >= 0.3 is 0 Å². The van der Waals surface area contributed by atoms with Crippen molar-refractivity contribution in [1.29, 1.82) is 0 Å². The third-order valence-electron chi connectivity index (χ3n) is 0.947. The van der Waals surface area contributed by atoms with E-state index < -0.39 is 0 Å². The summed E-state index contributed by atoms with van der Waals surface area (Å²) in [6, 6.07) is 0. The van der Waals surface area contributed by atoms with Crippen LogP contribution in [0.2, 0.25) is 0 Å². The fraction of sp³-hybridized carbons (Fsp3) is 1.00. The Labute approximate surface area is 70.0 Å². The molecule has 4 nitrogen and oxygen atoms in total. The third-order valence-corrected chi connectivity index (χ3v) is 0.947. The predicted octanol–water partition coefficient (Wildman–Crippen LogP) is -1.03. The summed E-state index contributed by atoms with van der Waals surface area (Å²) in [6.45, 7) is 3.19. The molecule has 1 fully saturated rings. The molecule has 0 unspecified atom stereocenters. The van der Waals surface area contributed by atoms with E-state index >= 15 is 0 Å². The molecule has 0 amide bonds. The number of rotatable bonds is 0. The minimum Gasteiger partial charge on any atom is -0.638 e. The molecule has 1 aliphatic rings. The average molecular weight is 163 g/mol. The molecule has 0 atom stereocenters.